The average Bonchev–Trinajstić information content (AvgIpc) is 2.71. The molecule has 1 N–H and O–H groups in total. The molecule has 0 aliphatic heterocycles. The van der Waals surface area contributed by atoms with Crippen molar-refractivity contribution < 1.29 is 0 Å². The van der Waals surface area contributed by atoms with Gasteiger partial charge in [0.25, 0.3) is 0 Å². The monoisotopic (exact) mass is 223 g/mol. The van der Waals surface area contributed by atoms with E-state index in [0.717, 1.165) is 19.0 Å². The maximum absolute atomic E-state index is 4.36. The largest absolute Gasteiger partial charge is 0.355 e. The van der Waals surface area contributed by atoms with Gasteiger partial charge in [0.1, 0.15) is 0 Å². The summed E-state index contributed by atoms with van der Waals surface area (Å²) < 4.78 is 2.20. The quantitative estimate of drug-likeness (QED) is 0.766. The number of aromatic nitrogens is 2. The fourth-order valence-corrected chi connectivity index (χ4v) is 1.43. The zero-order valence-electron chi connectivity index (χ0n) is 11.1. The van der Waals surface area contributed by atoms with Crippen molar-refractivity contribution in [1.82, 2.24) is 9.55 Å². The fraction of sp³-hybridized carbons (Fsp3) is 0.769. The first-order valence-corrected chi connectivity index (χ1v) is 6.34. The van der Waals surface area contributed by atoms with Gasteiger partial charge in [-0.15, -0.1) is 0 Å². The fourth-order valence-electron chi connectivity index (χ4n) is 1.43. The van der Waals surface area contributed by atoms with Gasteiger partial charge in [-0.25, -0.2) is 4.98 Å². The van der Waals surface area contributed by atoms with Crippen LogP contribution in [-0.2, 0) is 6.54 Å². The summed E-state index contributed by atoms with van der Waals surface area (Å²) in [6, 6.07) is 0. The second-order valence-electron chi connectivity index (χ2n) is 5.17. The molecule has 16 heavy (non-hydrogen) atoms. The number of unbranched alkanes of at least 4 members (excludes halogenated alkanes) is 1. The number of hydrogen-bond donors (Lipinski definition) is 1. The van der Waals surface area contributed by atoms with E-state index in [0.29, 0.717) is 5.41 Å². The first kappa shape index (κ1) is 13.1. The lowest BCUT2D eigenvalue weighted by Crippen LogP contribution is -2.23. The first-order chi connectivity index (χ1) is 7.59. The predicted molar refractivity (Wildman–Crippen MR) is 69.7 cm³/mol. The molecule has 0 amide bonds. The van der Waals surface area contributed by atoms with Gasteiger partial charge in [0, 0.05) is 25.5 Å². The smallest absolute Gasteiger partial charge is 0.202 e. The van der Waals surface area contributed by atoms with Crippen LogP contribution < -0.4 is 5.32 Å². The van der Waals surface area contributed by atoms with Crippen molar-refractivity contribution in [2.45, 2.75) is 53.5 Å². The summed E-state index contributed by atoms with van der Waals surface area (Å²) in [5.41, 5.74) is 0.335. The molecule has 1 aromatic heterocycles. The highest BCUT2D eigenvalue weighted by atomic mass is 15.2. The van der Waals surface area contributed by atoms with Gasteiger partial charge in [-0.1, -0.05) is 34.1 Å². The van der Waals surface area contributed by atoms with Crippen LogP contribution in [-0.4, -0.2) is 16.1 Å². The molecule has 0 bridgehead atoms. The molecule has 1 aromatic rings. The second kappa shape index (κ2) is 5.92. The molecule has 0 spiro atoms. The predicted octanol–water partition coefficient (Wildman–Crippen LogP) is 3.53. The molecule has 0 unspecified atom stereocenters. The Labute approximate surface area is 99.3 Å². The van der Waals surface area contributed by atoms with E-state index in [2.05, 4.69) is 48.8 Å². The summed E-state index contributed by atoms with van der Waals surface area (Å²) in [6.45, 7) is 11.0. The number of anilines is 1. The zero-order valence-corrected chi connectivity index (χ0v) is 11.1. The number of hydrogen-bond acceptors (Lipinski definition) is 2. The van der Waals surface area contributed by atoms with Crippen molar-refractivity contribution in [3.8, 4) is 0 Å². The van der Waals surface area contributed by atoms with Crippen molar-refractivity contribution >= 4 is 5.95 Å². The van der Waals surface area contributed by atoms with Crippen LogP contribution in [0.1, 0.15) is 47.0 Å². The normalized spacial score (nSPS) is 11.8. The van der Waals surface area contributed by atoms with Crippen LogP contribution in [0.3, 0.4) is 0 Å². The van der Waals surface area contributed by atoms with Crippen LogP contribution in [0.5, 0.6) is 0 Å². The number of nitrogens with zero attached hydrogens (tertiary/aromatic N) is 2. The molecule has 0 saturated carbocycles. The Morgan fingerprint density at radius 2 is 2.12 bits per heavy atom. The van der Waals surface area contributed by atoms with Gasteiger partial charge in [-0.3, -0.25) is 0 Å². The molecule has 0 aliphatic carbocycles. The standard InChI is InChI=1S/C13H25N3/c1-5-7-9-16-10-8-14-12(16)15-11-13(3,4)6-2/h8,10H,5-7,9,11H2,1-4H3,(H,14,15). The lowest BCUT2D eigenvalue weighted by Gasteiger charge is -2.23. The van der Waals surface area contributed by atoms with Gasteiger partial charge in [-0.2, -0.15) is 0 Å². The molecule has 0 aromatic carbocycles. The molecule has 0 aliphatic rings. The van der Waals surface area contributed by atoms with E-state index >= 15 is 0 Å². The molecule has 0 radical (unpaired) electrons. The topological polar surface area (TPSA) is 29.9 Å². The molecule has 0 saturated heterocycles. The highest BCUT2D eigenvalue weighted by Gasteiger charge is 2.15. The summed E-state index contributed by atoms with van der Waals surface area (Å²) >= 11 is 0. The third-order valence-electron chi connectivity index (χ3n) is 3.15. The molecule has 1 rings (SSSR count). The lowest BCUT2D eigenvalue weighted by molar-refractivity contribution is 0.375. The van der Waals surface area contributed by atoms with Crippen LogP contribution in [0.15, 0.2) is 12.4 Å². The highest BCUT2D eigenvalue weighted by molar-refractivity contribution is 5.26. The third kappa shape index (κ3) is 3.87. The first-order valence-electron chi connectivity index (χ1n) is 6.34. The van der Waals surface area contributed by atoms with E-state index in [9.17, 15) is 0 Å². The van der Waals surface area contributed by atoms with E-state index in [-0.39, 0.29) is 0 Å². The van der Waals surface area contributed by atoms with E-state index in [1.54, 1.807) is 0 Å². The minimum atomic E-state index is 0.335. The highest BCUT2D eigenvalue weighted by Crippen LogP contribution is 2.20. The van der Waals surface area contributed by atoms with E-state index in [4.69, 9.17) is 0 Å². The van der Waals surface area contributed by atoms with Crippen molar-refractivity contribution in [3.05, 3.63) is 12.4 Å². The maximum Gasteiger partial charge on any atom is 0.202 e. The van der Waals surface area contributed by atoms with Gasteiger partial charge in [0.2, 0.25) is 5.95 Å². The van der Waals surface area contributed by atoms with E-state index in [1.807, 2.05) is 6.20 Å². The number of rotatable bonds is 7. The summed E-state index contributed by atoms with van der Waals surface area (Å²) in [7, 11) is 0. The van der Waals surface area contributed by atoms with Crippen LogP contribution in [0.25, 0.3) is 0 Å². The van der Waals surface area contributed by atoms with Crippen LogP contribution in [0, 0.1) is 5.41 Å². The summed E-state index contributed by atoms with van der Waals surface area (Å²) in [6.07, 6.45) is 7.53. The van der Waals surface area contributed by atoms with Gasteiger partial charge in [0.15, 0.2) is 0 Å². The van der Waals surface area contributed by atoms with Gasteiger partial charge < -0.3 is 9.88 Å². The Bertz CT molecular complexity index is 302. The van der Waals surface area contributed by atoms with Crippen LogP contribution in [0.4, 0.5) is 5.95 Å². The molecule has 0 atom stereocenters. The third-order valence-corrected chi connectivity index (χ3v) is 3.15. The molecule has 3 heteroatoms. The lowest BCUT2D eigenvalue weighted by atomic mass is 9.90. The second-order valence-corrected chi connectivity index (χ2v) is 5.17. The molecule has 92 valence electrons. The van der Waals surface area contributed by atoms with Crippen LogP contribution in [0.2, 0.25) is 0 Å². The van der Waals surface area contributed by atoms with Gasteiger partial charge in [0.05, 0.1) is 0 Å². The molecule has 3 nitrogen and oxygen atoms in total. The summed E-state index contributed by atoms with van der Waals surface area (Å²) in [5.74, 6) is 1.01. The Kier molecular flexibility index (Phi) is 4.84. The van der Waals surface area contributed by atoms with Gasteiger partial charge in [-0.05, 0) is 18.3 Å². The molecular formula is C13H25N3. The van der Waals surface area contributed by atoms with Gasteiger partial charge >= 0.3 is 0 Å². The Morgan fingerprint density at radius 1 is 1.38 bits per heavy atom. The summed E-state index contributed by atoms with van der Waals surface area (Å²) in [5, 5.41) is 3.45. The summed E-state index contributed by atoms with van der Waals surface area (Å²) in [4.78, 5) is 4.36. The average molecular weight is 223 g/mol. The number of imidazole rings is 1. The Hall–Kier alpha value is -0.990. The SMILES string of the molecule is CCCCn1ccnc1NCC(C)(C)CC. The van der Waals surface area contributed by atoms with Crippen LogP contribution >= 0.6 is 0 Å². The molecule has 1 heterocycles. The van der Waals surface area contributed by atoms with Crippen molar-refractivity contribution in [2.24, 2.45) is 5.41 Å². The Balaban J connectivity index is 2.50. The van der Waals surface area contributed by atoms with Crippen molar-refractivity contribution in [1.29, 1.82) is 0 Å². The minimum Gasteiger partial charge on any atom is -0.355 e. The maximum atomic E-state index is 4.36. The molecule has 0 fully saturated rings. The number of aryl methyl sites for hydroxylation is 1. The zero-order chi connectivity index (χ0) is 12.0. The van der Waals surface area contributed by atoms with E-state index < -0.39 is 0 Å². The minimum absolute atomic E-state index is 0.335. The Morgan fingerprint density at radius 3 is 2.75 bits per heavy atom. The molecular weight excluding hydrogens is 198 g/mol. The van der Waals surface area contributed by atoms with E-state index in [1.165, 1.54) is 19.3 Å². The van der Waals surface area contributed by atoms with Crippen molar-refractivity contribution in [2.75, 3.05) is 11.9 Å². The number of nitrogens with one attached hydrogen (secondary N) is 1. The van der Waals surface area contributed by atoms with Crippen molar-refractivity contribution in [3.63, 3.8) is 0 Å².